The lowest BCUT2D eigenvalue weighted by Crippen LogP contribution is -2.31. The maximum absolute atomic E-state index is 5.42. The molecule has 0 fully saturated rings. The number of hydrogen-bond donors (Lipinski definition) is 1. The summed E-state index contributed by atoms with van der Waals surface area (Å²) >= 11 is 5.42. The summed E-state index contributed by atoms with van der Waals surface area (Å²) in [5.41, 5.74) is 3.35. The van der Waals surface area contributed by atoms with Crippen LogP contribution in [0.4, 0.5) is 5.69 Å². The summed E-state index contributed by atoms with van der Waals surface area (Å²) in [6.45, 7) is 2.79. The summed E-state index contributed by atoms with van der Waals surface area (Å²) in [7, 11) is 3.90. The van der Waals surface area contributed by atoms with Gasteiger partial charge in [-0.25, -0.2) is 0 Å². The van der Waals surface area contributed by atoms with Gasteiger partial charge in [0.15, 0.2) is 5.11 Å². The van der Waals surface area contributed by atoms with Gasteiger partial charge < -0.3 is 10.2 Å². The number of benzene rings is 1. The van der Waals surface area contributed by atoms with Crippen molar-refractivity contribution in [2.24, 2.45) is 7.05 Å². The molecule has 1 heterocycles. The van der Waals surface area contributed by atoms with Crippen LogP contribution in [0.3, 0.4) is 0 Å². The van der Waals surface area contributed by atoms with Crippen molar-refractivity contribution in [3.8, 4) is 0 Å². The summed E-state index contributed by atoms with van der Waals surface area (Å²) in [6.07, 6.45) is 1.79. The lowest BCUT2D eigenvalue weighted by Gasteiger charge is -2.21. The zero-order chi connectivity index (χ0) is 13.8. The zero-order valence-corrected chi connectivity index (χ0v) is 12.2. The molecule has 0 radical (unpaired) electrons. The molecule has 1 aromatic heterocycles. The summed E-state index contributed by atoms with van der Waals surface area (Å²) in [4.78, 5) is 2.00. The monoisotopic (exact) mass is 274 g/mol. The molecule has 0 saturated heterocycles. The predicted molar refractivity (Wildman–Crippen MR) is 82.1 cm³/mol. The number of para-hydroxylation sites is 1. The van der Waals surface area contributed by atoms with Crippen LogP contribution in [-0.2, 0) is 13.6 Å². The normalized spacial score (nSPS) is 10.3. The van der Waals surface area contributed by atoms with Gasteiger partial charge in [0, 0.05) is 26.0 Å². The third-order valence-electron chi connectivity index (χ3n) is 3.05. The van der Waals surface area contributed by atoms with E-state index in [-0.39, 0.29) is 0 Å². The number of aromatic nitrogens is 2. The zero-order valence-electron chi connectivity index (χ0n) is 11.4. The molecule has 100 valence electrons. The molecule has 0 atom stereocenters. The van der Waals surface area contributed by atoms with Crippen molar-refractivity contribution in [1.82, 2.24) is 14.7 Å². The van der Waals surface area contributed by atoms with E-state index in [4.69, 9.17) is 12.2 Å². The first kappa shape index (κ1) is 13.5. The molecule has 0 saturated carbocycles. The Morgan fingerprint density at radius 2 is 2.11 bits per heavy atom. The maximum atomic E-state index is 5.42. The molecule has 0 aliphatic carbocycles. The minimum Gasteiger partial charge on any atom is -0.346 e. The van der Waals surface area contributed by atoms with Crippen LogP contribution < -0.4 is 5.32 Å². The van der Waals surface area contributed by atoms with Gasteiger partial charge >= 0.3 is 0 Å². The van der Waals surface area contributed by atoms with Crippen LogP contribution in [0, 0.1) is 6.92 Å². The van der Waals surface area contributed by atoms with Crippen LogP contribution in [0.25, 0.3) is 0 Å². The van der Waals surface area contributed by atoms with Gasteiger partial charge in [0.25, 0.3) is 0 Å². The molecule has 2 aromatic rings. The van der Waals surface area contributed by atoms with Crippen molar-refractivity contribution >= 4 is 23.0 Å². The molecule has 0 aliphatic rings. The van der Waals surface area contributed by atoms with E-state index in [2.05, 4.69) is 23.4 Å². The minimum atomic E-state index is 0.704. The standard InChI is InChI=1S/C14H18N4S/c1-11-6-4-5-7-13(11)16-14(19)17(2)10-12-8-9-15-18(12)3/h4-9H,10H2,1-3H3,(H,16,19). The van der Waals surface area contributed by atoms with Crippen molar-refractivity contribution in [3.05, 3.63) is 47.8 Å². The average Bonchev–Trinajstić information content (AvgIpc) is 2.78. The smallest absolute Gasteiger partial charge is 0.173 e. The summed E-state index contributed by atoms with van der Waals surface area (Å²) in [5, 5.41) is 8.13. The number of nitrogens with zero attached hydrogens (tertiary/aromatic N) is 3. The fourth-order valence-corrected chi connectivity index (χ4v) is 1.97. The van der Waals surface area contributed by atoms with Crippen LogP contribution in [0.5, 0.6) is 0 Å². The van der Waals surface area contributed by atoms with Crippen molar-refractivity contribution in [3.63, 3.8) is 0 Å². The second-order valence-electron chi connectivity index (χ2n) is 4.55. The van der Waals surface area contributed by atoms with Crippen LogP contribution in [0.1, 0.15) is 11.3 Å². The molecule has 0 amide bonds. The molecule has 2 rings (SSSR count). The van der Waals surface area contributed by atoms with E-state index < -0.39 is 0 Å². The highest BCUT2D eigenvalue weighted by Gasteiger charge is 2.08. The van der Waals surface area contributed by atoms with Gasteiger partial charge in [0.05, 0.1) is 12.2 Å². The Morgan fingerprint density at radius 3 is 2.74 bits per heavy atom. The Balaban J connectivity index is 2.00. The molecule has 5 heteroatoms. The third kappa shape index (κ3) is 3.32. The molecule has 4 nitrogen and oxygen atoms in total. The lowest BCUT2D eigenvalue weighted by molar-refractivity contribution is 0.482. The highest BCUT2D eigenvalue weighted by atomic mass is 32.1. The Labute approximate surface area is 119 Å². The van der Waals surface area contributed by atoms with Gasteiger partial charge in [-0.3, -0.25) is 4.68 Å². The van der Waals surface area contributed by atoms with Crippen LogP contribution >= 0.6 is 12.2 Å². The number of anilines is 1. The van der Waals surface area contributed by atoms with Crippen LogP contribution in [0.15, 0.2) is 36.5 Å². The number of hydrogen-bond acceptors (Lipinski definition) is 2. The minimum absolute atomic E-state index is 0.704. The number of rotatable bonds is 3. The number of aryl methyl sites for hydroxylation is 2. The van der Waals surface area contributed by atoms with E-state index in [1.807, 2.05) is 47.9 Å². The van der Waals surface area contributed by atoms with Crippen molar-refractivity contribution in [2.75, 3.05) is 12.4 Å². The van der Waals surface area contributed by atoms with Crippen LogP contribution in [-0.4, -0.2) is 26.8 Å². The first-order valence-corrected chi connectivity index (χ1v) is 6.53. The second kappa shape index (κ2) is 5.84. The molecule has 0 spiro atoms. The fourth-order valence-electron chi connectivity index (χ4n) is 1.80. The molecule has 1 N–H and O–H groups in total. The van der Waals surface area contributed by atoms with E-state index >= 15 is 0 Å². The SMILES string of the molecule is Cc1ccccc1NC(=S)N(C)Cc1ccnn1C. The highest BCUT2D eigenvalue weighted by Crippen LogP contribution is 2.14. The molecule has 0 aliphatic heterocycles. The van der Waals surface area contributed by atoms with Gasteiger partial charge in [-0.05, 0) is 36.8 Å². The third-order valence-corrected chi connectivity index (χ3v) is 3.47. The Hall–Kier alpha value is -1.88. The van der Waals surface area contributed by atoms with Crippen molar-refractivity contribution < 1.29 is 0 Å². The summed E-state index contributed by atoms with van der Waals surface area (Å²) in [5.74, 6) is 0. The van der Waals surface area contributed by atoms with Gasteiger partial charge in [-0.15, -0.1) is 0 Å². The Bertz CT molecular complexity index is 576. The second-order valence-corrected chi connectivity index (χ2v) is 4.93. The van der Waals surface area contributed by atoms with Crippen LogP contribution in [0.2, 0.25) is 0 Å². The molecular weight excluding hydrogens is 256 g/mol. The van der Waals surface area contributed by atoms with E-state index in [9.17, 15) is 0 Å². The maximum Gasteiger partial charge on any atom is 0.173 e. The highest BCUT2D eigenvalue weighted by molar-refractivity contribution is 7.80. The van der Waals surface area contributed by atoms with Gasteiger partial charge in [-0.1, -0.05) is 18.2 Å². The Kier molecular flexibility index (Phi) is 4.16. The van der Waals surface area contributed by atoms with Gasteiger partial charge in [-0.2, -0.15) is 5.10 Å². The lowest BCUT2D eigenvalue weighted by atomic mass is 10.2. The van der Waals surface area contributed by atoms with Gasteiger partial charge in [0.2, 0.25) is 0 Å². The average molecular weight is 274 g/mol. The number of nitrogens with one attached hydrogen (secondary N) is 1. The topological polar surface area (TPSA) is 33.1 Å². The first-order chi connectivity index (χ1) is 9.08. The summed E-state index contributed by atoms with van der Waals surface area (Å²) < 4.78 is 1.85. The van der Waals surface area contributed by atoms with Gasteiger partial charge in [0.1, 0.15) is 0 Å². The molecule has 0 unspecified atom stereocenters. The first-order valence-electron chi connectivity index (χ1n) is 6.12. The molecular formula is C14H18N4S. The molecule has 19 heavy (non-hydrogen) atoms. The molecule has 1 aromatic carbocycles. The van der Waals surface area contributed by atoms with E-state index in [0.717, 1.165) is 17.9 Å². The largest absolute Gasteiger partial charge is 0.346 e. The quantitative estimate of drug-likeness (QED) is 0.872. The fraction of sp³-hybridized carbons (Fsp3) is 0.286. The van der Waals surface area contributed by atoms with E-state index in [1.165, 1.54) is 5.56 Å². The van der Waals surface area contributed by atoms with E-state index in [0.29, 0.717) is 5.11 Å². The number of thiocarbonyl (C=S) groups is 1. The molecule has 0 bridgehead atoms. The Morgan fingerprint density at radius 1 is 1.37 bits per heavy atom. The summed E-state index contributed by atoms with van der Waals surface area (Å²) in [6, 6.07) is 10.1. The van der Waals surface area contributed by atoms with Crippen molar-refractivity contribution in [1.29, 1.82) is 0 Å². The van der Waals surface area contributed by atoms with E-state index in [1.54, 1.807) is 6.20 Å². The predicted octanol–water partition coefficient (Wildman–Crippen LogP) is 2.56. The van der Waals surface area contributed by atoms with Crippen molar-refractivity contribution in [2.45, 2.75) is 13.5 Å².